The third-order valence-electron chi connectivity index (χ3n) is 2.42. The van der Waals surface area contributed by atoms with Gasteiger partial charge in [0.15, 0.2) is 0 Å². The fraction of sp³-hybridized carbons (Fsp3) is 0.143. The molecule has 0 bridgehead atoms. The summed E-state index contributed by atoms with van der Waals surface area (Å²) in [6, 6.07) is 11.3. The molecule has 0 aliphatic heterocycles. The number of halogens is 1. The van der Waals surface area contributed by atoms with Crippen molar-refractivity contribution >= 4 is 22.9 Å². The van der Waals surface area contributed by atoms with Gasteiger partial charge in [0.05, 0.1) is 0 Å². The van der Waals surface area contributed by atoms with Gasteiger partial charge >= 0.3 is 0 Å². The summed E-state index contributed by atoms with van der Waals surface area (Å²) in [4.78, 5) is 1.97. The average molecular weight is 258 g/mol. The minimum absolute atomic E-state index is 0.0458. The molecule has 1 rings (SSSR count). The Morgan fingerprint density at radius 1 is 1.17 bits per heavy atom. The molecule has 4 heteroatoms. The van der Waals surface area contributed by atoms with Crippen molar-refractivity contribution in [1.29, 1.82) is 10.5 Å². The van der Waals surface area contributed by atoms with E-state index in [1.54, 1.807) is 6.08 Å². The average Bonchev–Trinajstić information content (AvgIpc) is 2.39. The molecule has 0 unspecified atom stereocenters. The number of nitrogens with zero attached hydrogens (tertiary/aromatic N) is 3. The predicted octanol–water partition coefficient (Wildman–Crippen LogP) is 3.31. The molecule has 1 aromatic rings. The van der Waals surface area contributed by atoms with Gasteiger partial charge in [0.1, 0.15) is 17.7 Å². The largest absolute Gasteiger partial charge is 0.378 e. The van der Waals surface area contributed by atoms with E-state index in [4.69, 9.17) is 22.1 Å². The maximum atomic E-state index is 8.91. The smallest absolute Gasteiger partial charge is 0.137 e. The Labute approximate surface area is 112 Å². The van der Waals surface area contributed by atoms with E-state index in [0.29, 0.717) is 5.57 Å². The monoisotopic (exact) mass is 257 g/mol. The summed E-state index contributed by atoms with van der Waals surface area (Å²) in [5.74, 6) is 0. The van der Waals surface area contributed by atoms with Crippen molar-refractivity contribution in [1.82, 2.24) is 0 Å². The molecule has 0 fully saturated rings. The number of hydrogen-bond acceptors (Lipinski definition) is 3. The Bertz CT molecular complexity index is 538. The van der Waals surface area contributed by atoms with Crippen LogP contribution in [0.3, 0.4) is 0 Å². The zero-order chi connectivity index (χ0) is 13.5. The summed E-state index contributed by atoms with van der Waals surface area (Å²) < 4.78 is 0. The first-order valence-electron chi connectivity index (χ1n) is 5.23. The summed E-state index contributed by atoms with van der Waals surface area (Å²) in [6.45, 7) is 0. The first-order chi connectivity index (χ1) is 8.63. The third-order valence-corrected chi connectivity index (χ3v) is 2.54. The second kappa shape index (κ2) is 6.49. The van der Waals surface area contributed by atoms with Crippen molar-refractivity contribution < 1.29 is 0 Å². The second-order valence-electron chi connectivity index (χ2n) is 3.75. The van der Waals surface area contributed by atoms with Crippen LogP contribution >= 0.6 is 11.6 Å². The van der Waals surface area contributed by atoms with Gasteiger partial charge in [-0.25, -0.2) is 0 Å². The number of allylic oxidation sites excluding steroid dienone is 3. The highest BCUT2D eigenvalue weighted by atomic mass is 35.5. The minimum atomic E-state index is 0.0458. The van der Waals surface area contributed by atoms with Gasteiger partial charge in [0.25, 0.3) is 0 Å². The zero-order valence-corrected chi connectivity index (χ0v) is 10.9. The molecule has 90 valence electrons. The van der Waals surface area contributed by atoms with Gasteiger partial charge in [0.2, 0.25) is 0 Å². The molecular formula is C14H12ClN3. The zero-order valence-electron chi connectivity index (χ0n) is 10.2. The number of rotatable bonds is 3. The van der Waals surface area contributed by atoms with E-state index in [0.717, 1.165) is 11.3 Å². The maximum absolute atomic E-state index is 8.91. The van der Waals surface area contributed by atoms with Crippen LogP contribution in [0.2, 0.25) is 0 Å². The van der Waals surface area contributed by atoms with Crippen LogP contribution in [0.1, 0.15) is 5.56 Å². The Kier molecular flexibility index (Phi) is 4.99. The number of anilines is 1. The third kappa shape index (κ3) is 3.13. The molecule has 0 heterocycles. The minimum Gasteiger partial charge on any atom is -0.378 e. The molecular weight excluding hydrogens is 246 g/mol. The molecule has 0 radical (unpaired) electrons. The van der Waals surface area contributed by atoms with Crippen molar-refractivity contribution in [3.63, 3.8) is 0 Å². The van der Waals surface area contributed by atoms with Crippen molar-refractivity contribution in [2.75, 3.05) is 19.0 Å². The second-order valence-corrected chi connectivity index (χ2v) is 4.00. The molecule has 0 aromatic heterocycles. The van der Waals surface area contributed by atoms with Gasteiger partial charge in [-0.3, -0.25) is 0 Å². The molecule has 18 heavy (non-hydrogen) atoms. The molecule has 0 N–H and O–H groups in total. The van der Waals surface area contributed by atoms with Crippen LogP contribution in [-0.4, -0.2) is 14.1 Å². The Morgan fingerprint density at radius 2 is 1.72 bits per heavy atom. The van der Waals surface area contributed by atoms with E-state index in [1.165, 1.54) is 5.54 Å². The molecule has 3 nitrogen and oxygen atoms in total. The fourth-order valence-electron chi connectivity index (χ4n) is 1.47. The topological polar surface area (TPSA) is 50.8 Å². The lowest BCUT2D eigenvalue weighted by atomic mass is 10.0. The Morgan fingerprint density at radius 3 is 2.11 bits per heavy atom. The normalized spacial score (nSPS) is 9.61. The highest BCUT2D eigenvalue weighted by Crippen LogP contribution is 2.23. The molecule has 0 aliphatic rings. The van der Waals surface area contributed by atoms with Crippen LogP contribution < -0.4 is 4.90 Å². The number of hydrogen-bond donors (Lipinski definition) is 0. The summed E-state index contributed by atoms with van der Waals surface area (Å²) in [5, 5.41) is 17.8. The van der Waals surface area contributed by atoms with E-state index in [-0.39, 0.29) is 5.57 Å². The highest BCUT2D eigenvalue weighted by Gasteiger charge is 2.06. The van der Waals surface area contributed by atoms with Crippen LogP contribution in [0.4, 0.5) is 5.69 Å². The first-order valence-corrected chi connectivity index (χ1v) is 5.66. The fourth-order valence-corrected chi connectivity index (χ4v) is 1.60. The molecule has 0 atom stereocenters. The molecule has 0 spiro atoms. The molecule has 0 amide bonds. The molecule has 0 saturated heterocycles. The Hall–Kier alpha value is -2.23. The lowest BCUT2D eigenvalue weighted by Gasteiger charge is -2.12. The summed E-state index contributed by atoms with van der Waals surface area (Å²) in [7, 11) is 3.89. The van der Waals surface area contributed by atoms with Crippen LogP contribution in [0, 0.1) is 22.7 Å². The van der Waals surface area contributed by atoms with Gasteiger partial charge in [-0.05, 0) is 23.8 Å². The van der Waals surface area contributed by atoms with Crippen molar-refractivity contribution in [3.05, 3.63) is 47.0 Å². The molecule has 1 aromatic carbocycles. The quantitative estimate of drug-likeness (QED) is 0.617. The first kappa shape index (κ1) is 13.8. The van der Waals surface area contributed by atoms with Gasteiger partial charge < -0.3 is 4.90 Å². The van der Waals surface area contributed by atoms with Crippen LogP contribution in [0.25, 0.3) is 5.57 Å². The lowest BCUT2D eigenvalue weighted by Crippen LogP contribution is -2.08. The van der Waals surface area contributed by atoms with Gasteiger partial charge in [-0.15, -0.1) is 0 Å². The Balaban J connectivity index is 3.30. The van der Waals surface area contributed by atoms with Gasteiger partial charge in [-0.2, -0.15) is 10.5 Å². The van der Waals surface area contributed by atoms with Crippen LogP contribution in [0.15, 0.2) is 41.4 Å². The maximum Gasteiger partial charge on any atom is 0.137 e. The highest BCUT2D eigenvalue weighted by molar-refractivity contribution is 6.26. The van der Waals surface area contributed by atoms with E-state index in [1.807, 2.05) is 55.4 Å². The van der Waals surface area contributed by atoms with Crippen LogP contribution in [-0.2, 0) is 0 Å². The van der Waals surface area contributed by atoms with Gasteiger partial charge in [-0.1, -0.05) is 23.7 Å². The predicted molar refractivity (Wildman–Crippen MR) is 73.9 cm³/mol. The lowest BCUT2D eigenvalue weighted by molar-refractivity contribution is 1.13. The SMILES string of the molecule is CN(C)c1ccc(C(/C=C/Cl)=C(C#N)C#N)cc1. The molecule has 0 saturated carbocycles. The van der Waals surface area contributed by atoms with E-state index >= 15 is 0 Å². The molecule has 0 aliphatic carbocycles. The number of benzene rings is 1. The summed E-state index contributed by atoms with van der Waals surface area (Å²) in [6.07, 6.45) is 1.55. The summed E-state index contributed by atoms with van der Waals surface area (Å²) >= 11 is 5.54. The van der Waals surface area contributed by atoms with Crippen molar-refractivity contribution in [2.24, 2.45) is 0 Å². The van der Waals surface area contributed by atoms with Crippen LogP contribution in [0.5, 0.6) is 0 Å². The van der Waals surface area contributed by atoms with Gasteiger partial charge in [0, 0.05) is 30.9 Å². The van der Waals surface area contributed by atoms with E-state index in [9.17, 15) is 0 Å². The summed E-state index contributed by atoms with van der Waals surface area (Å²) in [5.41, 5.74) is 3.70. The number of nitriles is 2. The standard InChI is InChI=1S/C14H12ClN3/c1-18(2)13-5-3-11(4-6-13)14(7-8-15)12(9-16)10-17/h3-8H,1-2H3/b8-7+. The van der Waals surface area contributed by atoms with Crippen molar-refractivity contribution in [2.45, 2.75) is 0 Å². The van der Waals surface area contributed by atoms with E-state index < -0.39 is 0 Å². The van der Waals surface area contributed by atoms with Crippen molar-refractivity contribution in [3.8, 4) is 12.1 Å². The van der Waals surface area contributed by atoms with E-state index in [2.05, 4.69) is 0 Å².